The first-order valence-electron chi connectivity index (χ1n) is 10.8. The number of piperazine rings is 1. The highest BCUT2D eigenvalue weighted by Gasteiger charge is 2.29. The molecule has 0 aromatic heterocycles. The Morgan fingerprint density at radius 3 is 2.27 bits per heavy atom. The first-order chi connectivity index (χ1) is 12.6. The summed E-state index contributed by atoms with van der Waals surface area (Å²) in [5, 5.41) is 0. The van der Waals surface area contributed by atoms with E-state index in [0.717, 1.165) is 19.0 Å². The fourth-order valence-corrected chi connectivity index (χ4v) is 4.79. The quantitative estimate of drug-likeness (QED) is 0.633. The van der Waals surface area contributed by atoms with Gasteiger partial charge >= 0.3 is 0 Å². The maximum atomic E-state index is 2.63. The van der Waals surface area contributed by atoms with Crippen LogP contribution >= 0.6 is 0 Å². The maximum Gasteiger partial charge on any atom is 0.0443 e. The molecule has 2 nitrogen and oxygen atoms in total. The molecule has 1 aromatic rings. The summed E-state index contributed by atoms with van der Waals surface area (Å²) >= 11 is 0. The normalized spacial score (nSPS) is 21.1. The second-order valence-corrected chi connectivity index (χ2v) is 8.84. The first-order valence-corrected chi connectivity index (χ1v) is 10.8. The Balaban J connectivity index is 1.73. The van der Waals surface area contributed by atoms with Gasteiger partial charge in [0.1, 0.15) is 0 Å². The molecule has 1 aliphatic heterocycles. The van der Waals surface area contributed by atoms with E-state index in [2.05, 4.69) is 67.8 Å². The lowest BCUT2D eigenvalue weighted by molar-refractivity contribution is 0.231. The van der Waals surface area contributed by atoms with Gasteiger partial charge in [0.2, 0.25) is 0 Å². The third kappa shape index (κ3) is 4.34. The highest BCUT2D eigenvalue weighted by molar-refractivity contribution is 5.77. The van der Waals surface area contributed by atoms with Crippen LogP contribution in [0.2, 0.25) is 0 Å². The summed E-state index contributed by atoms with van der Waals surface area (Å²) in [5.41, 5.74) is 5.10. The van der Waals surface area contributed by atoms with Crippen molar-refractivity contribution in [2.75, 3.05) is 37.6 Å². The molecule has 2 aliphatic rings. The molecule has 0 saturated carbocycles. The van der Waals surface area contributed by atoms with Gasteiger partial charge in [-0.2, -0.15) is 0 Å². The molecule has 0 amide bonds. The van der Waals surface area contributed by atoms with E-state index in [9.17, 15) is 0 Å². The van der Waals surface area contributed by atoms with Gasteiger partial charge < -0.3 is 4.90 Å². The van der Waals surface area contributed by atoms with Crippen LogP contribution in [0.5, 0.6) is 0 Å². The van der Waals surface area contributed by atoms with Crippen LogP contribution in [0.3, 0.4) is 0 Å². The average molecular weight is 355 g/mol. The number of rotatable bonds is 6. The smallest absolute Gasteiger partial charge is 0.0443 e. The Hall–Kier alpha value is -1.28. The van der Waals surface area contributed by atoms with E-state index >= 15 is 0 Å². The van der Waals surface area contributed by atoms with E-state index in [1.165, 1.54) is 63.0 Å². The van der Waals surface area contributed by atoms with E-state index in [1.54, 1.807) is 5.57 Å². The molecule has 3 rings (SSSR count). The number of hydrogen-bond acceptors (Lipinski definition) is 2. The van der Waals surface area contributed by atoms with Gasteiger partial charge in [0.05, 0.1) is 0 Å². The van der Waals surface area contributed by atoms with E-state index in [1.807, 2.05) is 0 Å². The van der Waals surface area contributed by atoms with E-state index in [0.29, 0.717) is 5.41 Å². The average Bonchev–Trinajstić information content (AvgIpc) is 2.68. The van der Waals surface area contributed by atoms with Crippen LogP contribution in [-0.4, -0.2) is 37.6 Å². The van der Waals surface area contributed by atoms with Crippen molar-refractivity contribution in [2.45, 2.75) is 59.8 Å². The fraction of sp³-hybridized carbons (Fsp3) is 0.667. The van der Waals surface area contributed by atoms with Gasteiger partial charge in [-0.15, -0.1) is 0 Å². The SMILES string of the molecule is CCC1(CC)CC=C(c2ccccc2N2CCN(CC(C)C)CC2)CC1. The van der Waals surface area contributed by atoms with Gasteiger partial charge in [0.15, 0.2) is 0 Å². The number of allylic oxidation sites excluding steroid dienone is 2. The lowest BCUT2D eigenvalue weighted by Gasteiger charge is -2.39. The van der Waals surface area contributed by atoms with Crippen LogP contribution in [0.1, 0.15) is 65.4 Å². The summed E-state index contributed by atoms with van der Waals surface area (Å²) in [7, 11) is 0. The minimum absolute atomic E-state index is 0.556. The summed E-state index contributed by atoms with van der Waals surface area (Å²) < 4.78 is 0. The number of anilines is 1. The minimum atomic E-state index is 0.556. The van der Waals surface area contributed by atoms with Crippen molar-refractivity contribution in [2.24, 2.45) is 11.3 Å². The molecular formula is C24H38N2. The molecule has 0 unspecified atom stereocenters. The largest absolute Gasteiger partial charge is 0.368 e. The monoisotopic (exact) mass is 354 g/mol. The second kappa shape index (κ2) is 8.61. The molecule has 1 aliphatic carbocycles. The molecule has 1 saturated heterocycles. The van der Waals surface area contributed by atoms with Crippen LogP contribution in [0.25, 0.3) is 5.57 Å². The summed E-state index contributed by atoms with van der Waals surface area (Å²) in [6.07, 6.45) is 9.03. The third-order valence-corrected chi connectivity index (χ3v) is 6.79. The zero-order valence-electron chi connectivity index (χ0n) is 17.4. The Morgan fingerprint density at radius 1 is 1.00 bits per heavy atom. The standard InChI is InChI=1S/C24H38N2/c1-5-24(6-2)13-11-21(12-14-24)22-9-7-8-10-23(22)26-17-15-25(16-18-26)19-20(3)4/h7-11,20H,5-6,12-19H2,1-4H3. The van der Waals surface area contributed by atoms with E-state index < -0.39 is 0 Å². The summed E-state index contributed by atoms with van der Waals surface area (Å²) in [6, 6.07) is 9.13. The number of para-hydroxylation sites is 1. The zero-order valence-corrected chi connectivity index (χ0v) is 17.4. The van der Waals surface area contributed by atoms with Crippen LogP contribution in [0.4, 0.5) is 5.69 Å². The van der Waals surface area contributed by atoms with Crippen molar-refractivity contribution in [3.63, 3.8) is 0 Å². The number of nitrogens with zero attached hydrogens (tertiary/aromatic N) is 2. The lowest BCUT2D eigenvalue weighted by atomic mass is 9.70. The van der Waals surface area contributed by atoms with Crippen molar-refractivity contribution in [3.05, 3.63) is 35.9 Å². The highest BCUT2D eigenvalue weighted by Crippen LogP contribution is 2.44. The predicted molar refractivity (Wildman–Crippen MR) is 115 cm³/mol. The molecular weight excluding hydrogens is 316 g/mol. The Bertz CT molecular complexity index is 604. The second-order valence-electron chi connectivity index (χ2n) is 8.84. The molecule has 1 fully saturated rings. The molecule has 2 heteroatoms. The molecule has 144 valence electrons. The highest BCUT2D eigenvalue weighted by atomic mass is 15.3. The van der Waals surface area contributed by atoms with Gasteiger partial charge in [-0.3, -0.25) is 4.90 Å². The third-order valence-electron chi connectivity index (χ3n) is 6.79. The van der Waals surface area contributed by atoms with Crippen LogP contribution in [0.15, 0.2) is 30.3 Å². The van der Waals surface area contributed by atoms with Gasteiger partial charge in [0.25, 0.3) is 0 Å². The van der Waals surface area contributed by atoms with Crippen LogP contribution < -0.4 is 4.90 Å². The minimum Gasteiger partial charge on any atom is -0.368 e. The number of hydrogen-bond donors (Lipinski definition) is 0. The Kier molecular flexibility index (Phi) is 6.45. The maximum absolute atomic E-state index is 2.63. The number of benzene rings is 1. The zero-order chi connectivity index (χ0) is 18.6. The van der Waals surface area contributed by atoms with Gasteiger partial charge in [-0.25, -0.2) is 0 Å². The molecule has 26 heavy (non-hydrogen) atoms. The van der Waals surface area contributed by atoms with Crippen LogP contribution in [-0.2, 0) is 0 Å². The van der Waals surface area contributed by atoms with Gasteiger partial charge in [0, 0.05) is 44.0 Å². The van der Waals surface area contributed by atoms with Crippen molar-refractivity contribution in [1.29, 1.82) is 0 Å². The van der Waals surface area contributed by atoms with Gasteiger partial charge in [-0.1, -0.05) is 64.8 Å². The van der Waals surface area contributed by atoms with Crippen LogP contribution in [0, 0.1) is 11.3 Å². The van der Waals surface area contributed by atoms with Crippen molar-refractivity contribution < 1.29 is 0 Å². The van der Waals surface area contributed by atoms with Gasteiger partial charge in [-0.05, 0) is 42.2 Å². The van der Waals surface area contributed by atoms with Crippen molar-refractivity contribution >= 4 is 11.3 Å². The van der Waals surface area contributed by atoms with E-state index in [-0.39, 0.29) is 0 Å². The fourth-order valence-electron chi connectivity index (χ4n) is 4.79. The molecule has 0 N–H and O–H groups in total. The van der Waals surface area contributed by atoms with Crippen molar-refractivity contribution in [3.8, 4) is 0 Å². The Labute approximate surface area is 161 Å². The summed E-state index contributed by atoms with van der Waals surface area (Å²) in [4.78, 5) is 5.25. The molecule has 0 bridgehead atoms. The summed E-state index contributed by atoms with van der Waals surface area (Å²) in [5.74, 6) is 0.763. The first kappa shape index (κ1) is 19.5. The van der Waals surface area contributed by atoms with Crippen molar-refractivity contribution in [1.82, 2.24) is 4.90 Å². The molecule has 0 radical (unpaired) electrons. The van der Waals surface area contributed by atoms with E-state index in [4.69, 9.17) is 0 Å². The molecule has 0 atom stereocenters. The Morgan fingerprint density at radius 2 is 1.69 bits per heavy atom. The predicted octanol–water partition coefficient (Wildman–Crippen LogP) is 5.84. The molecule has 1 aromatic carbocycles. The summed E-state index contributed by atoms with van der Waals surface area (Å²) in [6.45, 7) is 15.3. The molecule has 0 spiro atoms. The lowest BCUT2D eigenvalue weighted by Crippen LogP contribution is -2.47. The molecule has 1 heterocycles. The topological polar surface area (TPSA) is 6.48 Å².